The maximum absolute atomic E-state index is 13.4. The van der Waals surface area contributed by atoms with Gasteiger partial charge in [0, 0.05) is 30.1 Å². The molecular weight excluding hydrogens is 365 g/mol. The number of rotatable bonds is 2. The molecule has 2 atom stereocenters. The molecular formula is C24H20FN3O. The molecule has 0 saturated heterocycles. The smallest absolute Gasteiger partial charge is 0.163 e. The van der Waals surface area contributed by atoms with E-state index in [1.165, 1.54) is 12.1 Å². The molecule has 0 bridgehead atoms. The van der Waals surface area contributed by atoms with Gasteiger partial charge in [0.15, 0.2) is 5.78 Å². The topological polar surface area (TPSA) is 54.0 Å². The van der Waals surface area contributed by atoms with Gasteiger partial charge in [0.2, 0.25) is 0 Å². The predicted octanol–water partition coefficient (Wildman–Crippen LogP) is 5.20. The number of allylic oxidation sites excluding steroid dienone is 1. The number of hydrogen-bond donors (Lipinski definition) is 2. The summed E-state index contributed by atoms with van der Waals surface area (Å²) in [4.78, 5) is 17.6. The number of ketones is 1. The van der Waals surface area contributed by atoms with Gasteiger partial charge in [-0.2, -0.15) is 0 Å². The monoisotopic (exact) mass is 385 g/mol. The number of fused-ring (bicyclic) bond motifs is 1. The molecule has 0 fully saturated rings. The first-order valence-electron chi connectivity index (χ1n) is 9.73. The van der Waals surface area contributed by atoms with E-state index in [2.05, 4.69) is 15.6 Å². The van der Waals surface area contributed by atoms with Crippen LogP contribution in [0.3, 0.4) is 0 Å². The summed E-state index contributed by atoms with van der Waals surface area (Å²) in [7, 11) is 0. The lowest BCUT2D eigenvalue weighted by Crippen LogP contribution is -2.26. The van der Waals surface area contributed by atoms with Crippen molar-refractivity contribution in [1.29, 1.82) is 0 Å². The number of carbonyl (C=O) groups excluding carboxylic acids is 1. The number of carbonyl (C=O) groups is 1. The number of Topliss-reactive ketones (excluding diaryl/α,β-unsaturated/α-hetero) is 1. The fraction of sp³-hybridized carbons (Fsp3) is 0.167. The Hall–Kier alpha value is -3.47. The van der Waals surface area contributed by atoms with Crippen LogP contribution in [0.5, 0.6) is 0 Å². The first-order chi connectivity index (χ1) is 14.2. The number of benzene rings is 2. The number of halogens is 1. The highest BCUT2D eigenvalue weighted by Gasteiger charge is 2.36. The minimum atomic E-state index is -0.267. The molecule has 2 aliphatic rings. The molecule has 4 nitrogen and oxygen atoms in total. The van der Waals surface area contributed by atoms with Gasteiger partial charge in [-0.25, -0.2) is 4.39 Å². The summed E-state index contributed by atoms with van der Waals surface area (Å²) in [5.41, 5.74) is 5.50. The van der Waals surface area contributed by atoms with E-state index >= 15 is 0 Å². The molecule has 0 saturated carbocycles. The van der Waals surface area contributed by atoms with Crippen LogP contribution in [0.1, 0.15) is 35.9 Å². The van der Waals surface area contributed by atoms with Crippen LogP contribution in [0.4, 0.5) is 15.8 Å². The molecule has 2 heterocycles. The third-order valence-corrected chi connectivity index (χ3v) is 5.67. The molecule has 0 unspecified atom stereocenters. The number of nitrogens with one attached hydrogen (secondary N) is 2. The summed E-state index contributed by atoms with van der Waals surface area (Å²) in [6.07, 6.45) is 4.63. The fourth-order valence-electron chi connectivity index (χ4n) is 4.26. The van der Waals surface area contributed by atoms with Crippen LogP contribution >= 0.6 is 0 Å². The minimum absolute atomic E-state index is 0.0224. The van der Waals surface area contributed by atoms with Gasteiger partial charge in [0.1, 0.15) is 5.82 Å². The van der Waals surface area contributed by atoms with Crippen molar-refractivity contribution < 1.29 is 9.18 Å². The van der Waals surface area contributed by atoms with Gasteiger partial charge in [-0.05, 0) is 53.8 Å². The van der Waals surface area contributed by atoms with Crippen molar-refractivity contribution in [3.05, 3.63) is 101 Å². The first kappa shape index (κ1) is 17.6. The summed E-state index contributed by atoms with van der Waals surface area (Å²) in [6.45, 7) is 0. The van der Waals surface area contributed by atoms with E-state index in [4.69, 9.17) is 0 Å². The average Bonchev–Trinajstić information content (AvgIpc) is 2.92. The van der Waals surface area contributed by atoms with E-state index in [9.17, 15) is 9.18 Å². The van der Waals surface area contributed by atoms with Gasteiger partial charge < -0.3 is 10.6 Å². The Morgan fingerprint density at radius 2 is 1.69 bits per heavy atom. The van der Waals surface area contributed by atoms with E-state index in [0.29, 0.717) is 12.8 Å². The molecule has 0 spiro atoms. The quantitative estimate of drug-likeness (QED) is 0.637. The van der Waals surface area contributed by atoms with Crippen LogP contribution in [-0.2, 0) is 4.79 Å². The zero-order valence-electron chi connectivity index (χ0n) is 15.7. The Bertz CT molecular complexity index is 1090. The summed E-state index contributed by atoms with van der Waals surface area (Å²) in [5, 5.41) is 7.04. The Morgan fingerprint density at radius 1 is 0.897 bits per heavy atom. The molecule has 29 heavy (non-hydrogen) atoms. The summed E-state index contributed by atoms with van der Waals surface area (Å²) in [6, 6.07) is 18.0. The van der Waals surface area contributed by atoms with Gasteiger partial charge in [-0.3, -0.25) is 9.78 Å². The fourth-order valence-corrected chi connectivity index (χ4v) is 4.26. The van der Waals surface area contributed by atoms with Crippen LogP contribution < -0.4 is 10.6 Å². The SMILES string of the molecule is O=C1C[C@H](c2ccc(F)cc2)CC2=C1[C@H](c1cccnc1)Nc1ccccc1N2. The summed E-state index contributed by atoms with van der Waals surface area (Å²) < 4.78 is 13.4. The predicted molar refractivity (Wildman–Crippen MR) is 111 cm³/mol. The van der Waals surface area contributed by atoms with Crippen molar-refractivity contribution in [3.63, 3.8) is 0 Å². The van der Waals surface area contributed by atoms with Gasteiger partial charge in [0.25, 0.3) is 0 Å². The van der Waals surface area contributed by atoms with Gasteiger partial charge >= 0.3 is 0 Å². The first-order valence-corrected chi connectivity index (χ1v) is 9.73. The zero-order valence-corrected chi connectivity index (χ0v) is 15.7. The molecule has 2 aromatic carbocycles. The highest BCUT2D eigenvalue weighted by Crippen LogP contribution is 2.43. The maximum atomic E-state index is 13.4. The normalized spacial score (nSPS) is 20.8. The van der Waals surface area contributed by atoms with Crippen LogP contribution in [0.2, 0.25) is 0 Å². The Morgan fingerprint density at radius 3 is 2.45 bits per heavy atom. The molecule has 1 aromatic heterocycles. The van der Waals surface area contributed by atoms with Gasteiger partial charge in [-0.1, -0.05) is 30.3 Å². The minimum Gasteiger partial charge on any atom is -0.372 e. The molecule has 1 aliphatic carbocycles. The number of nitrogens with zero attached hydrogens (tertiary/aromatic N) is 1. The molecule has 5 heteroatoms. The third kappa shape index (κ3) is 3.29. The number of anilines is 2. The maximum Gasteiger partial charge on any atom is 0.163 e. The molecule has 0 radical (unpaired) electrons. The van der Waals surface area contributed by atoms with Crippen LogP contribution in [0.15, 0.2) is 84.3 Å². The molecule has 5 rings (SSSR count). The molecule has 144 valence electrons. The molecule has 1 aliphatic heterocycles. The van der Waals surface area contributed by atoms with Crippen LogP contribution in [0.25, 0.3) is 0 Å². The molecule has 0 amide bonds. The molecule has 3 aromatic rings. The van der Waals surface area contributed by atoms with E-state index in [1.54, 1.807) is 24.5 Å². The largest absolute Gasteiger partial charge is 0.372 e. The summed E-state index contributed by atoms with van der Waals surface area (Å²) in [5.74, 6) is -0.144. The standard InChI is InChI=1S/C24H20FN3O/c25-18-9-7-15(8-10-18)17-12-21-23(22(29)13-17)24(16-4-3-11-26-14-16)28-20-6-2-1-5-19(20)27-21/h1-11,14,17,24,27-28H,12-13H2/t17-,24+/m1/s1. The molecule has 2 N–H and O–H groups in total. The van der Waals surface area contributed by atoms with E-state index in [-0.39, 0.29) is 23.6 Å². The third-order valence-electron chi connectivity index (χ3n) is 5.67. The van der Waals surface area contributed by atoms with Crippen molar-refractivity contribution in [2.45, 2.75) is 24.8 Å². The highest BCUT2D eigenvalue weighted by molar-refractivity contribution is 6.01. The van der Waals surface area contributed by atoms with Gasteiger partial charge in [0.05, 0.1) is 17.4 Å². The van der Waals surface area contributed by atoms with Crippen molar-refractivity contribution in [2.24, 2.45) is 0 Å². The van der Waals surface area contributed by atoms with Crippen molar-refractivity contribution in [1.82, 2.24) is 4.98 Å². The average molecular weight is 385 g/mol. The lowest BCUT2D eigenvalue weighted by Gasteiger charge is -2.29. The number of para-hydroxylation sites is 2. The van der Waals surface area contributed by atoms with Gasteiger partial charge in [-0.15, -0.1) is 0 Å². The van der Waals surface area contributed by atoms with Crippen LogP contribution in [-0.4, -0.2) is 10.8 Å². The Kier molecular flexibility index (Phi) is 4.35. The van der Waals surface area contributed by atoms with Crippen LogP contribution in [0, 0.1) is 5.82 Å². The number of pyridine rings is 1. The van der Waals surface area contributed by atoms with E-state index in [1.807, 2.05) is 36.4 Å². The number of hydrogen-bond acceptors (Lipinski definition) is 4. The lowest BCUT2D eigenvalue weighted by molar-refractivity contribution is -0.116. The second-order valence-electron chi connectivity index (χ2n) is 7.51. The van der Waals surface area contributed by atoms with E-state index < -0.39 is 0 Å². The zero-order chi connectivity index (χ0) is 19.8. The van der Waals surface area contributed by atoms with Crippen molar-refractivity contribution in [2.75, 3.05) is 10.6 Å². The Balaban J connectivity index is 1.60. The second kappa shape index (κ2) is 7.17. The highest BCUT2D eigenvalue weighted by atomic mass is 19.1. The number of aromatic nitrogens is 1. The summed E-state index contributed by atoms with van der Waals surface area (Å²) >= 11 is 0. The van der Waals surface area contributed by atoms with E-state index in [0.717, 1.165) is 33.8 Å². The van der Waals surface area contributed by atoms with Crippen molar-refractivity contribution in [3.8, 4) is 0 Å². The second-order valence-corrected chi connectivity index (χ2v) is 7.51. The Labute approximate surface area is 168 Å². The lowest BCUT2D eigenvalue weighted by atomic mass is 9.79. The van der Waals surface area contributed by atoms with Crippen molar-refractivity contribution >= 4 is 17.2 Å².